The van der Waals surface area contributed by atoms with Crippen LogP contribution in [0.15, 0.2) is 18.2 Å². The minimum Gasteiger partial charge on any atom is -0.491 e. The Kier molecular flexibility index (Phi) is 5.12. The van der Waals surface area contributed by atoms with Crippen molar-refractivity contribution in [2.24, 2.45) is 0 Å². The number of nitrogen functional groups attached to an aromatic ring is 1. The first-order valence-electron chi connectivity index (χ1n) is 7.56. The molecule has 1 heterocycles. The number of nitrogens with two attached hydrogens (primary N) is 1. The van der Waals surface area contributed by atoms with Gasteiger partial charge in [-0.05, 0) is 46.3 Å². The van der Waals surface area contributed by atoms with Crippen LogP contribution in [-0.4, -0.2) is 37.2 Å². The number of ether oxygens (including phenoxy) is 1. The maximum atomic E-state index is 5.94. The van der Waals surface area contributed by atoms with Gasteiger partial charge in [-0.2, -0.15) is 0 Å². The third kappa shape index (κ3) is 4.30. The molecule has 20 heavy (non-hydrogen) atoms. The number of hydrogen-bond acceptors (Lipinski definition) is 4. The lowest BCUT2D eigenvalue weighted by molar-refractivity contribution is 0.194. The van der Waals surface area contributed by atoms with E-state index in [-0.39, 0.29) is 6.10 Å². The molecule has 0 radical (unpaired) electrons. The van der Waals surface area contributed by atoms with Crippen molar-refractivity contribution in [1.82, 2.24) is 4.90 Å². The Labute approximate surface area is 122 Å². The van der Waals surface area contributed by atoms with E-state index in [0.29, 0.717) is 6.04 Å². The smallest absolute Gasteiger partial charge is 0.123 e. The molecule has 1 atom stereocenters. The van der Waals surface area contributed by atoms with Crippen molar-refractivity contribution >= 4 is 11.4 Å². The SMILES string of the molecule is CC(C)Oc1cc(N)cc(NCC2CCCCN2C)c1. The molecule has 1 aliphatic heterocycles. The van der Waals surface area contributed by atoms with Crippen LogP contribution in [0.3, 0.4) is 0 Å². The van der Waals surface area contributed by atoms with Crippen LogP contribution < -0.4 is 15.8 Å². The predicted octanol–water partition coefficient (Wildman–Crippen LogP) is 2.95. The molecule has 1 saturated heterocycles. The highest BCUT2D eigenvalue weighted by atomic mass is 16.5. The Hall–Kier alpha value is -1.42. The molecule has 1 unspecified atom stereocenters. The number of likely N-dealkylation sites (tertiary alicyclic amines) is 1. The molecule has 3 N–H and O–H groups in total. The summed E-state index contributed by atoms with van der Waals surface area (Å²) in [6.07, 6.45) is 4.07. The van der Waals surface area contributed by atoms with Crippen LogP contribution in [0, 0.1) is 0 Å². The highest BCUT2D eigenvalue weighted by Gasteiger charge is 2.18. The van der Waals surface area contributed by atoms with Crippen molar-refractivity contribution in [3.8, 4) is 5.75 Å². The van der Waals surface area contributed by atoms with Crippen LogP contribution >= 0.6 is 0 Å². The lowest BCUT2D eigenvalue weighted by Crippen LogP contribution is -2.40. The fourth-order valence-corrected chi connectivity index (χ4v) is 2.70. The van der Waals surface area contributed by atoms with Gasteiger partial charge < -0.3 is 20.7 Å². The summed E-state index contributed by atoms with van der Waals surface area (Å²) in [6, 6.07) is 6.48. The Morgan fingerprint density at radius 3 is 2.85 bits per heavy atom. The summed E-state index contributed by atoms with van der Waals surface area (Å²) in [5, 5.41) is 3.50. The van der Waals surface area contributed by atoms with Crippen LogP contribution in [0.1, 0.15) is 33.1 Å². The number of rotatable bonds is 5. The summed E-state index contributed by atoms with van der Waals surface area (Å²) in [6.45, 7) is 6.20. The molecule has 0 bridgehead atoms. The van der Waals surface area contributed by atoms with Crippen molar-refractivity contribution in [2.45, 2.75) is 45.3 Å². The standard InChI is InChI=1S/C16H27N3O/c1-12(2)20-16-9-13(17)8-14(10-16)18-11-15-6-4-5-7-19(15)3/h8-10,12,15,18H,4-7,11,17H2,1-3H3. The van der Waals surface area contributed by atoms with Crippen molar-refractivity contribution in [3.05, 3.63) is 18.2 Å². The zero-order valence-electron chi connectivity index (χ0n) is 12.9. The molecule has 112 valence electrons. The van der Waals surface area contributed by atoms with Crippen LogP contribution in [0.25, 0.3) is 0 Å². The summed E-state index contributed by atoms with van der Waals surface area (Å²) in [4.78, 5) is 2.44. The van der Waals surface area contributed by atoms with Gasteiger partial charge in [0, 0.05) is 36.1 Å². The van der Waals surface area contributed by atoms with Crippen molar-refractivity contribution in [3.63, 3.8) is 0 Å². The molecule has 0 saturated carbocycles. The van der Waals surface area contributed by atoms with Crippen LogP contribution in [0.2, 0.25) is 0 Å². The van der Waals surface area contributed by atoms with E-state index in [4.69, 9.17) is 10.5 Å². The lowest BCUT2D eigenvalue weighted by atomic mass is 10.0. The van der Waals surface area contributed by atoms with E-state index in [1.54, 1.807) is 0 Å². The molecule has 1 fully saturated rings. The van der Waals surface area contributed by atoms with Crippen molar-refractivity contribution in [2.75, 3.05) is 31.2 Å². The van der Waals surface area contributed by atoms with Gasteiger partial charge >= 0.3 is 0 Å². The summed E-state index contributed by atoms with van der Waals surface area (Å²) in [7, 11) is 2.21. The minimum absolute atomic E-state index is 0.161. The lowest BCUT2D eigenvalue weighted by Gasteiger charge is -2.32. The van der Waals surface area contributed by atoms with Crippen molar-refractivity contribution in [1.29, 1.82) is 0 Å². The van der Waals surface area contributed by atoms with E-state index >= 15 is 0 Å². The van der Waals surface area contributed by atoms with Crippen molar-refractivity contribution < 1.29 is 4.74 Å². The first-order valence-corrected chi connectivity index (χ1v) is 7.56. The Balaban J connectivity index is 1.96. The Morgan fingerprint density at radius 2 is 2.15 bits per heavy atom. The van der Waals surface area contributed by atoms with E-state index in [1.165, 1.54) is 25.8 Å². The average molecular weight is 277 g/mol. The largest absolute Gasteiger partial charge is 0.491 e. The number of benzene rings is 1. The first-order chi connectivity index (χ1) is 9.54. The fraction of sp³-hybridized carbons (Fsp3) is 0.625. The monoisotopic (exact) mass is 277 g/mol. The highest BCUT2D eigenvalue weighted by molar-refractivity contribution is 5.59. The summed E-state index contributed by atoms with van der Waals surface area (Å²) < 4.78 is 5.72. The topological polar surface area (TPSA) is 50.5 Å². The predicted molar refractivity (Wildman–Crippen MR) is 85.4 cm³/mol. The van der Waals surface area contributed by atoms with E-state index in [9.17, 15) is 0 Å². The Bertz CT molecular complexity index is 434. The first kappa shape index (κ1) is 15.0. The molecule has 1 aromatic carbocycles. The van der Waals surface area contributed by atoms with Gasteiger partial charge in [0.05, 0.1) is 6.10 Å². The molecular formula is C16H27N3O. The van der Waals surface area contributed by atoms with E-state index in [2.05, 4.69) is 17.3 Å². The maximum Gasteiger partial charge on any atom is 0.123 e. The number of nitrogens with zero attached hydrogens (tertiary/aromatic N) is 1. The van der Waals surface area contributed by atoms with Crippen LogP contribution in [0.4, 0.5) is 11.4 Å². The molecule has 1 aliphatic rings. The van der Waals surface area contributed by atoms with E-state index in [0.717, 1.165) is 23.7 Å². The van der Waals surface area contributed by atoms with E-state index < -0.39 is 0 Å². The molecule has 2 rings (SSSR count). The quantitative estimate of drug-likeness (QED) is 0.813. The van der Waals surface area contributed by atoms with Crippen LogP contribution in [0.5, 0.6) is 5.75 Å². The normalized spacial score (nSPS) is 20.1. The molecule has 0 amide bonds. The highest BCUT2D eigenvalue weighted by Crippen LogP contribution is 2.24. The number of piperidine rings is 1. The van der Waals surface area contributed by atoms with Gasteiger partial charge in [0.25, 0.3) is 0 Å². The average Bonchev–Trinajstić information content (AvgIpc) is 2.36. The summed E-state index contributed by atoms with van der Waals surface area (Å²) >= 11 is 0. The van der Waals surface area contributed by atoms with Crippen LogP contribution in [-0.2, 0) is 0 Å². The van der Waals surface area contributed by atoms with Gasteiger partial charge in [0.2, 0.25) is 0 Å². The van der Waals surface area contributed by atoms with Gasteiger partial charge in [0.15, 0.2) is 0 Å². The second-order valence-corrected chi connectivity index (χ2v) is 5.97. The third-order valence-corrected chi connectivity index (χ3v) is 3.76. The molecule has 4 heteroatoms. The van der Waals surface area contributed by atoms with Gasteiger partial charge in [0.1, 0.15) is 5.75 Å². The Morgan fingerprint density at radius 1 is 1.35 bits per heavy atom. The second kappa shape index (κ2) is 6.84. The summed E-state index contributed by atoms with van der Waals surface area (Å²) in [5.41, 5.74) is 7.72. The number of hydrogen-bond donors (Lipinski definition) is 2. The molecule has 1 aromatic rings. The third-order valence-electron chi connectivity index (χ3n) is 3.76. The zero-order chi connectivity index (χ0) is 14.5. The van der Waals surface area contributed by atoms with Gasteiger partial charge in [-0.3, -0.25) is 0 Å². The molecule has 4 nitrogen and oxygen atoms in total. The van der Waals surface area contributed by atoms with Gasteiger partial charge in [-0.25, -0.2) is 0 Å². The molecular weight excluding hydrogens is 250 g/mol. The minimum atomic E-state index is 0.161. The second-order valence-electron chi connectivity index (χ2n) is 5.97. The number of nitrogens with one attached hydrogen (secondary N) is 1. The van der Waals surface area contributed by atoms with Gasteiger partial charge in [-0.1, -0.05) is 6.42 Å². The molecule has 0 spiro atoms. The summed E-state index contributed by atoms with van der Waals surface area (Å²) in [5.74, 6) is 0.833. The number of likely N-dealkylation sites (N-methyl/N-ethyl adjacent to an activating group) is 1. The molecule has 0 aliphatic carbocycles. The van der Waals surface area contributed by atoms with Gasteiger partial charge in [-0.15, -0.1) is 0 Å². The maximum absolute atomic E-state index is 5.94. The molecule has 0 aromatic heterocycles. The number of anilines is 2. The van der Waals surface area contributed by atoms with E-state index in [1.807, 2.05) is 32.0 Å². The fourth-order valence-electron chi connectivity index (χ4n) is 2.70. The zero-order valence-corrected chi connectivity index (χ0v) is 12.9.